The quantitative estimate of drug-likeness (QED) is 0.487. The van der Waals surface area contributed by atoms with Gasteiger partial charge in [-0.3, -0.25) is 4.79 Å². The zero-order chi connectivity index (χ0) is 20.8. The van der Waals surface area contributed by atoms with Crippen LogP contribution in [-0.4, -0.2) is 25.6 Å². The molecule has 0 spiro atoms. The van der Waals surface area contributed by atoms with Gasteiger partial charge in [0.2, 0.25) is 17.6 Å². The molecule has 7 nitrogen and oxygen atoms in total. The van der Waals surface area contributed by atoms with E-state index in [9.17, 15) is 4.79 Å². The highest BCUT2D eigenvalue weighted by molar-refractivity contribution is 5.76. The number of aromatic nitrogens is 4. The Bertz CT molecular complexity index is 1090. The zero-order valence-electron chi connectivity index (χ0n) is 16.7. The van der Waals surface area contributed by atoms with Gasteiger partial charge in [-0.2, -0.15) is 4.98 Å². The Morgan fingerprint density at radius 2 is 1.83 bits per heavy atom. The molecule has 1 amide bonds. The molecule has 0 saturated carbocycles. The summed E-state index contributed by atoms with van der Waals surface area (Å²) in [6, 6.07) is 19.2. The SMILES string of the molecule is Cn1ccnc1C(NC(=O)CCCc1nc(-c2ccccc2)no1)c1ccccc1. The van der Waals surface area contributed by atoms with Gasteiger partial charge >= 0.3 is 0 Å². The van der Waals surface area contributed by atoms with Crippen LogP contribution in [-0.2, 0) is 18.3 Å². The molecular weight excluding hydrogens is 378 g/mol. The van der Waals surface area contributed by atoms with E-state index in [1.807, 2.05) is 78.5 Å². The molecule has 1 N–H and O–H groups in total. The number of imidazole rings is 1. The van der Waals surface area contributed by atoms with Crippen molar-refractivity contribution in [1.29, 1.82) is 0 Å². The lowest BCUT2D eigenvalue weighted by atomic mass is 10.1. The summed E-state index contributed by atoms with van der Waals surface area (Å²) in [5, 5.41) is 7.12. The van der Waals surface area contributed by atoms with E-state index in [1.54, 1.807) is 6.20 Å². The average Bonchev–Trinajstić information content (AvgIpc) is 3.42. The molecule has 1 unspecified atom stereocenters. The second-order valence-electron chi connectivity index (χ2n) is 7.04. The number of nitrogens with one attached hydrogen (secondary N) is 1. The molecule has 0 bridgehead atoms. The molecule has 152 valence electrons. The molecule has 4 aromatic rings. The molecule has 0 aliphatic rings. The van der Waals surface area contributed by atoms with Gasteiger partial charge < -0.3 is 14.4 Å². The summed E-state index contributed by atoms with van der Waals surface area (Å²) in [6.45, 7) is 0. The van der Waals surface area contributed by atoms with Gasteiger partial charge in [-0.1, -0.05) is 65.8 Å². The molecule has 30 heavy (non-hydrogen) atoms. The van der Waals surface area contributed by atoms with Crippen molar-refractivity contribution < 1.29 is 9.32 Å². The third-order valence-electron chi connectivity index (χ3n) is 4.85. The molecular formula is C23H23N5O2. The van der Waals surface area contributed by atoms with E-state index >= 15 is 0 Å². The van der Waals surface area contributed by atoms with Crippen molar-refractivity contribution in [1.82, 2.24) is 25.0 Å². The van der Waals surface area contributed by atoms with Crippen molar-refractivity contribution >= 4 is 5.91 Å². The molecule has 7 heteroatoms. The molecule has 0 fully saturated rings. The van der Waals surface area contributed by atoms with Crippen LogP contribution in [0, 0.1) is 0 Å². The predicted octanol–water partition coefficient (Wildman–Crippen LogP) is 3.70. The largest absolute Gasteiger partial charge is 0.342 e. The van der Waals surface area contributed by atoms with E-state index in [4.69, 9.17) is 4.52 Å². The molecule has 2 aromatic heterocycles. The molecule has 1 atom stereocenters. The van der Waals surface area contributed by atoms with Crippen LogP contribution in [0.3, 0.4) is 0 Å². The number of hydrogen-bond acceptors (Lipinski definition) is 5. The van der Waals surface area contributed by atoms with Gasteiger partial charge in [-0.05, 0) is 12.0 Å². The van der Waals surface area contributed by atoms with Crippen LogP contribution in [0.5, 0.6) is 0 Å². The molecule has 4 rings (SSSR count). The minimum absolute atomic E-state index is 0.0466. The summed E-state index contributed by atoms with van der Waals surface area (Å²) in [5.41, 5.74) is 1.90. The maximum atomic E-state index is 12.6. The molecule has 0 saturated heterocycles. The Labute approximate surface area is 174 Å². The smallest absolute Gasteiger partial charge is 0.226 e. The first-order chi connectivity index (χ1) is 14.7. The molecule has 0 aliphatic carbocycles. The van der Waals surface area contributed by atoms with Crippen molar-refractivity contribution in [2.75, 3.05) is 0 Å². The van der Waals surface area contributed by atoms with Crippen molar-refractivity contribution in [3.63, 3.8) is 0 Å². The molecule has 2 aromatic carbocycles. The van der Waals surface area contributed by atoms with Crippen LogP contribution in [0.15, 0.2) is 77.6 Å². The summed E-state index contributed by atoms with van der Waals surface area (Å²) in [5.74, 6) is 1.84. The lowest BCUT2D eigenvalue weighted by molar-refractivity contribution is -0.121. The minimum atomic E-state index is -0.299. The van der Waals surface area contributed by atoms with Crippen LogP contribution in [0.25, 0.3) is 11.4 Å². The van der Waals surface area contributed by atoms with Crippen LogP contribution >= 0.6 is 0 Å². The summed E-state index contributed by atoms with van der Waals surface area (Å²) < 4.78 is 7.24. The third kappa shape index (κ3) is 4.63. The van der Waals surface area contributed by atoms with Crippen LogP contribution < -0.4 is 5.32 Å². The van der Waals surface area contributed by atoms with Crippen molar-refractivity contribution in [3.05, 3.63) is 90.3 Å². The number of carbonyl (C=O) groups excluding carboxylic acids is 1. The highest BCUT2D eigenvalue weighted by atomic mass is 16.5. The number of carbonyl (C=O) groups is 1. The number of amides is 1. The Hall–Kier alpha value is -3.74. The van der Waals surface area contributed by atoms with Crippen molar-refractivity contribution in [2.24, 2.45) is 7.05 Å². The fraction of sp³-hybridized carbons (Fsp3) is 0.217. The first-order valence-corrected chi connectivity index (χ1v) is 9.90. The predicted molar refractivity (Wildman–Crippen MR) is 112 cm³/mol. The number of hydrogen-bond donors (Lipinski definition) is 1. The van der Waals surface area contributed by atoms with Crippen molar-refractivity contribution in [2.45, 2.75) is 25.3 Å². The topological polar surface area (TPSA) is 85.8 Å². The first kappa shape index (κ1) is 19.6. The van der Waals surface area contributed by atoms with Crippen LogP contribution in [0.4, 0.5) is 0 Å². The Morgan fingerprint density at radius 3 is 2.53 bits per heavy atom. The van der Waals surface area contributed by atoms with E-state index in [-0.39, 0.29) is 11.9 Å². The number of rotatable bonds is 8. The molecule has 0 aliphatic heterocycles. The van der Waals surface area contributed by atoms with Gasteiger partial charge in [0.1, 0.15) is 11.9 Å². The van der Waals surface area contributed by atoms with E-state index in [0.29, 0.717) is 31.0 Å². The summed E-state index contributed by atoms with van der Waals surface area (Å²) in [6.07, 6.45) is 5.13. The van der Waals surface area contributed by atoms with E-state index in [1.165, 1.54) is 0 Å². The number of benzene rings is 2. The first-order valence-electron chi connectivity index (χ1n) is 9.90. The highest BCUT2D eigenvalue weighted by Gasteiger charge is 2.20. The van der Waals surface area contributed by atoms with Crippen LogP contribution in [0.2, 0.25) is 0 Å². The Kier molecular flexibility index (Phi) is 5.98. The maximum Gasteiger partial charge on any atom is 0.226 e. The Morgan fingerprint density at radius 1 is 1.10 bits per heavy atom. The van der Waals surface area contributed by atoms with Crippen molar-refractivity contribution in [3.8, 4) is 11.4 Å². The van der Waals surface area contributed by atoms with Gasteiger partial charge in [-0.15, -0.1) is 0 Å². The monoisotopic (exact) mass is 401 g/mol. The number of aryl methyl sites for hydroxylation is 2. The van der Waals surface area contributed by atoms with E-state index in [0.717, 1.165) is 17.0 Å². The Balaban J connectivity index is 1.35. The van der Waals surface area contributed by atoms with Gasteiger partial charge in [0.25, 0.3) is 0 Å². The minimum Gasteiger partial charge on any atom is -0.342 e. The molecule has 0 radical (unpaired) electrons. The van der Waals surface area contributed by atoms with Gasteiger partial charge in [-0.25, -0.2) is 4.98 Å². The second-order valence-corrected chi connectivity index (χ2v) is 7.04. The lowest BCUT2D eigenvalue weighted by Gasteiger charge is -2.19. The highest BCUT2D eigenvalue weighted by Crippen LogP contribution is 2.21. The van der Waals surface area contributed by atoms with Gasteiger partial charge in [0.15, 0.2) is 0 Å². The lowest BCUT2D eigenvalue weighted by Crippen LogP contribution is -2.31. The van der Waals surface area contributed by atoms with E-state index in [2.05, 4.69) is 20.4 Å². The fourth-order valence-corrected chi connectivity index (χ4v) is 3.29. The van der Waals surface area contributed by atoms with E-state index < -0.39 is 0 Å². The second kappa shape index (κ2) is 9.17. The average molecular weight is 401 g/mol. The fourth-order valence-electron chi connectivity index (χ4n) is 3.29. The summed E-state index contributed by atoms with van der Waals surface area (Å²) >= 11 is 0. The number of nitrogens with zero attached hydrogens (tertiary/aromatic N) is 4. The zero-order valence-corrected chi connectivity index (χ0v) is 16.7. The van der Waals surface area contributed by atoms with Crippen LogP contribution in [0.1, 0.15) is 36.2 Å². The van der Waals surface area contributed by atoms with Gasteiger partial charge in [0, 0.05) is 37.8 Å². The van der Waals surface area contributed by atoms with Gasteiger partial charge in [0.05, 0.1) is 0 Å². The summed E-state index contributed by atoms with van der Waals surface area (Å²) in [4.78, 5) is 21.5. The third-order valence-corrected chi connectivity index (χ3v) is 4.85. The normalized spacial score (nSPS) is 11.9. The molecule has 2 heterocycles. The maximum absolute atomic E-state index is 12.6. The summed E-state index contributed by atoms with van der Waals surface area (Å²) in [7, 11) is 1.92. The standard InChI is InChI=1S/C23H23N5O2/c1-28-16-15-24-23(28)21(17-9-4-2-5-10-17)25-19(29)13-8-14-20-26-22(27-30-20)18-11-6-3-7-12-18/h2-7,9-12,15-16,21H,8,13-14H2,1H3,(H,25,29).